The number of carbonyl (C=O) groups is 1. The highest BCUT2D eigenvalue weighted by molar-refractivity contribution is 7.80. The maximum absolute atomic E-state index is 12.7. The van der Waals surface area contributed by atoms with E-state index >= 15 is 0 Å². The topological polar surface area (TPSA) is 178 Å². The molecular weight excluding hydrogens is 668 g/mol. The van der Waals surface area contributed by atoms with Crippen molar-refractivity contribution in [3.8, 4) is 0 Å². The van der Waals surface area contributed by atoms with E-state index in [0.29, 0.717) is 13.0 Å². The maximum Gasteiger partial charge on any atom is 0.397 e. The maximum atomic E-state index is 12.7. The number of unbranched alkanes of at least 4 members (excludes halogenated alkanes) is 18. The number of allylic oxidation sites excluding steroid dienone is 2. The zero-order valence-electron chi connectivity index (χ0n) is 31.0. The van der Waals surface area contributed by atoms with Crippen LogP contribution in [-0.2, 0) is 38.3 Å². The fourth-order valence-electron chi connectivity index (χ4n) is 5.90. The second-order valence-electron chi connectivity index (χ2n) is 13.5. The molecule has 0 radical (unpaired) electrons. The van der Waals surface area contributed by atoms with Gasteiger partial charge in [0, 0.05) is 13.0 Å². The Bertz CT molecular complexity index is 947. The normalized spacial score (nSPS) is 21.9. The minimum Gasteiger partial charge on any atom is -0.457 e. The van der Waals surface area contributed by atoms with E-state index in [1.165, 1.54) is 83.5 Å². The molecule has 0 aliphatic carbocycles. The number of hydrogen-bond donors (Lipinski definition) is 4. The Balaban J connectivity index is 2.51. The van der Waals surface area contributed by atoms with Gasteiger partial charge in [-0.25, -0.2) is 4.18 Å². The summed E-state index contributed by atoms with van der Waals surface area (Å²) in [4.78, 5) is 12.7. The summed E-state index contributed by atoms with van der Waals surface area (Å²) in [5.74, 6) is -0.404. The molecule has 1 heterocycles. The summed E-state index contributed by atoms with van der Waals surface area (Å²) < 4.78 is 58.7. The molecule has 0 aromatic rings. The van der Waals surface area contributed by atoms with Crippen LogP contribution in [0, 0.1) is 0 Å². The molecule has 1 fully saturated rings. The van der Waals surface area contributed by atoms with Gasteiger partial charge in [0.15, 0.2) is 6.29 Å². The largest absolute Gasteiger partial charge is 0.457 e. The number of hydrogen-bond acceptors (Lipinski definition) is 11. The monoisotopic (exact) mass is 738 g/mol. The molecule has 0 saturated carbocycles. The minimum atomic E-state index is -5.05. The van der Waals surface area contributed by atoms with Gasteiger partial charge in [0.05, 0.1) is 19.8 Å². The summed E-state index contributed by atoms with van der Waals surface area (Å²) in [6.45, 7) is 3.92. The highest BCUT2D eigenvalue weighted by atomic mass is 32.3. The number of aliphatic hydroxyl groups excluding tert-OH is 3. The van der Waals surface area contributed by atoms with E-state index in [0.717, 1.165) is 44.9 Å². The lowest BCUT2D eigenvalue weighted by atomic mass is 9.99. The summed E-state index contributed by atoms with van der Waals surface area (Å²) in [6.07, 6.45) is 19.7. The van der Waals surface area contributed by atoms with Gasteiger partial charge >= 0.3 is 16.4 Å². The van der Waals surface area contributed by atoms with Crippen molar-refractivity contribution in [1.82, 2.24) is 0 Å². The van der Waals surface area contributed by atoms with Crippen LogP contribution in [-0.4, -0.2) is 97.5 Å². The third-order valence-electron chi connectivity index (χ3n) is 8.89. The van der Waals surface area contributed by atoms with Crippen molar-refractivity contribution in [3.63, 3.8) is 0 Å². The van der Waals surface area contributed by atoms with Crippen molar-refractivity contribution in [2.24, 2.45) is 0 Å². The zero-order valence-corrected chi connectivity index (χ0v) is 31.8. The molecule has 1 rings (SSSR count). The summed E-state index contributed by atoms with van der Waals surface area (Å²) in [5.41, 5.74) is 0. The van der Waals surface area contributed by atoms with Crippen molar-refractivity contribution in [1.29, 1.82) is 0 Å². The van der Waals surface area contributed by atoms with Crippen LogP contribution < -0.4 is 0 Å². The van der Waals surface area contributed by atoms with Crippen molar-refractivity contribution in [2.75, 3.05) is 26.4 Å². The molecular formula is C37H70O12S. The molecule has 296 valence electrons. The molecule has 6 atom stereocenters. The van der Waals surface area contributed by atoms with Gasteiger partial charge < -0.3 is 34.3 Å². The average Bonchev–Trinajstić information content (AvgIpc) is 3.08. The number of ether oxygens (including phenoxy) is 4. The van der Waals surface area contributed by atoms with Crippen LogP contribution in [0.1, 0.15) is 155 Å². The van der Waals surface area contributed by atoms with Gasteiger partial charge in [-0.1, -0.05) is 122 Å². The lowest BCUT2D eigenvalue weighted by Crippen LogP contribution is -2.60. The van der Waals surface area contributed by atoms with Gasteiger partial charge in [0.1, 0.15) is 30.5 Å². The van der Waals surface area contributed by atoms with Crippen LogP contribution in [0.4, 0.5) is 0 Å². The Hall–Kier alpha value is -1.16. The smallest absolute Gasteiger partial charge is 0.397 e. The molecule has 50 heavy (non-hydrogen) atoms. The quantitative estimate of drug-likeness (QED) is 0.0242. The van der Waals surface area contributed by atoms with Crippen LogP contribution in [0.3, 0.4) is 0 Å². The second kappa shape index (κ2) is 30.3. The fraction of sp³-hybridized carbons (Fsp3) is 0.919. The Morgan fingerprint density at radius 2 is 1.26 bits per heavy atom. The molecule has 6 unspecified atom stereocenters. The highest BCUT2D eigenvalue weighted by Gasteiger charge is 2.48. The molecule has 1 aliphatic heterocycles. The Morgan fingerprint density at radius 3 is 1.84 bits per heavy atom. The second-order valence-corrected chi connectivity index (χ2v) is 14.6. The van der Waals surface area contributed by atoms with Gasteiger partial charge in [-0.3, -0.25) is 9.35 Å². The molecule has 0 amide bonds. The summed E-state index contributed by atoms with van der Waals surface area (Å²) in [7, 11) is -5.05. The lowest BCUT2D eigenvalue weighted by Gasteiger charge is -2.41. The molecule has 4 N–H and O–H groups in total. The molecule has 13 heteroatoms. The van der Waals surface area contributed by atoms with Crippen LogP contribution in [0.25, 0.3) is 0 Å². The number of aliphatic hydroxyl groups is 3. The average molecular weight is 739 g/mol. The van der Waals surface area contributed by atoms with Crippen LogP contribution >= 0.6 is 0 Å². The van der Waals surface area contributed by atoms with Crippen molar-refractivity contribution < 1.29 is 56.2 Å². The first-order valence-electron chi connectivity index (χ1n) is 19.4. The molecule has 0 aromatic carbocycles. The van der Waals surface area contributed by atoms with E-state index in [9.17, 15) is 28.5 Å². The SMILES string of the molecule is CCCCC/C=C\CCCCCCCCOCC(COC1OC(CO)C(O)C(OS(=O)(=O)O)C1O)OC(=O)CCCCCCCCCCCC. The van der Waals surface area contributed by atoms with Gasteiger partial charge in [-0.05, 0) is 38.5 Å². The van der Waals surface area contributed by atoms with E-state index in [1.54, 1.807) is 0 Å². The predicted octanol–water partition coefficient (Wildman–Crippen LogP) is 6.74. The van der Waals surface area contributed by atoms with Crippen molar-refractivity contribution in [2.45, 2.75) is 192 Å². The molecule has 0 bridgehead atoms. The molecule has 1 saturated heterocycles. The van der Waals surface area contributed by atoms with Crippen molar-refractivity contribution in [3.05, 3.63) is 12.2 Å². The predicted molar refractivity (Wildman–Crippen MR) is 193 cm³/mol. The van der Waals surface area contributed by atoms with Crippen molar-refractivity contribution >= 4 is 16.4 Å². The first kappa shape index (κ1) is 46.9. The number of carbonyl (C=O) groups excluding carboxylic acids is 1. The molecule has 0 aromatic heterocycles. The summed E-state index contributed by atoms with van der Waals surface area (Å²) in [6, 6.07) is 0. The Kier molecular flexibility index (Phi) is 28.4. The van der Waals surface area contributed by atoms with E-state index in [-0.39, 0.29) is 19.6 Å². The van der Waals surface area contributed by atoms with Crippen LogP contribution in [0.5, 0.6) is 0 Å². The van der Waals surface area contributed by atoms with Gasteiger partial charge in [0.2, 0.25) is 0 Å². The molecule has 12 nitrogen and oxygen atoms in total. The fourth-order valence-corrected chi connectivity index (χ4v) is 6.41. The van der Waals surface area contributed by atoms with Crippen LogP contribution in [0.15, 0.2) is 12.2 Å². The Morgan fingerprint density at radius 1 is 0.740 bits per heavy atom. The van der Waals surface area contributed by atoms with E-state index in [4.69, 9.17) is 23.5 Å². The minimum absolute atomic E-state index is 0.0359. The van der Waals surface area contributed by atoms with Crippen LogP contribution in [0.2, 0.25) is 0 Å². The first-order chi connectivity index (χ1) is 24.1. The third kappa shape index (κ3) is 24.2. The molecule has 1 aliphatic rings. The van der Waals surface area contributed by atoms with Gasteiger partial charge in [0.25, 0.3) is 0 Å². The number of rotatable bonds is 33. The third-order valence-corrected chi connectivity index (χ3v) is 9.35. The zero-order chi connectivity index (χ0) is 36.9. The van der Waals surface area contributed by atoms with E-state index in [1.807, 2.05) is 0 Å². The Labute approximate surface area is 302 Å². The number of esters is 1. The van der Waals surface area contributed by atoms with E-state index < -0.39 is 59.8 Å². The van der Waals surface area contributed by atoms with Gasteiger partial charge in [-0.15, -0.1) is 0 Å². The molecule has 0 spiro atoms. The highest BCUT2D eigenvalue weighted by Crippen LogP contribution is 2.26. The first-order valence-corrected chi connectivity index (χ1v) is 20.8. The summed E-state index contributed by atoms with van der Waals surface area (Å²) >= 11 is 0. The summed E-state index contributed by atoms with van der Waals surface area (Å²) in [5, 5.41) is 30.5. The van der Waals surface area contributed by atoms with Gasteiger partial charge in [-0.2, -0.15) is 8.42 Å². The van der Waals surface area contributed by atoms with E-state index in [2.05, 4.69) is 30.2 Å². The lowest BCUT2D eigenvalue weighted by molar-refractivity contribution is -0.301. The standard InChI is InChI=1S/C37H70O12S/c1-3-5-7-9-11-13-15-16-17-19-21-23-25-27-45-29-31(47-33(39)26-24-22-20-18-14-12-10-8-6-4-2)30-46-37-35(41)36(49-50(42,43)44)34(40)32(28-38)48-37/h11,13,31-32,34-38,40-41H,3-10,12,14-30H2,1-2H3,(H,42,43,44)/b13-11-.